The van der Waals surface area contributed by atoms with Crippen molar-refractivity contribution in [2.75, 3.05) is 6.61 Å². The van der Waals surface area contributed by atoms with Crippen molar-refractivity contribution in [3.05, 3.63) is 0 Å². The van der Waals surface area contributed by atoms with Gasteiger partial charge in [0.2, 0.25) is 5.91 Å². The van der Waals surface area contributed by atoms with Crippen LogP contribution in [0.5, 0.6) is 0 Å². The second kappa shape index (κ2) is 6.93. The lowest BCUT2D eigenvalue weighted by Gasteiger charge is -2.24. The van der Waals surface area contributed by atoms with Crippen LogP contribution in [0.3, 0.4) is 0 Å². The molecule has 0 heterocycles. The van der Waals surface area contributed by atoms with Gasteiger partial charge >= 0.3 is 12.1 Å². The zero-order chi connectivity index (χ0) is 15.2. The molecule has 0 aromatic rings. The normalized spacial score (nSPS) is 14.3. The maximum atomic E-state index is 11.5. The van der Waals surface area contributed by atoms with Crippen LogP contribution in [0.1, 0.15) is 27.7 Å². The van der Waals surface area contributed by atoms with Crippen LogP contribution in [0.15, 0.2) is 0 Å². The highest BCUT2D eigenvalue weighted by atomic mass is 16.6. The number of ether oxygens (including phenoxy) is 2. The van der Waals surface area contributed by atoms with E-state index >= 15 is 0 Å². The Kier molecular flexibility index (Phi) is 6.26. The lowest BCUT2D eigenvalue weighted by Crippen LogP contribution is -2.50. The Labute approximate surface area is 111 Å². The minimum absolute atomic E-state index is 0.430. The number of rotatable bonds is 6. The summed E-state index contributed by atoms with van der Waals surface area (Å²) < 4.78 is 9.87. The number of hydrogen-bond acceptors (Lipinski definition) is 5. The number of nitrogens with two attached hydrogens (primary N) is 1. The summed E-state index contributed by atoms with van der Waals surface area (Å²) in [6, 6.07) is -1.34. The van der Waals surface area contributed by atoms with E-state index in [2.05, 4.69) is 5.32 Å². The molecule has 4 N–H and O–H groups in total. The molecule has 0 aliphatic rings. The average Bonchev–Trinajstić information content (AvgIpc) is 2.19. The van der Waals surface area contributed by atoms with Crippen LogP contribution >= 0.6 is 0 Å². The van der Waals surface area contributed by atoms with Gasteiger partial charge in [-0.25, -0.2) is 9.59 Å². The summed E-state index contributed by atoms with van der Waals surface area (Å²) in [6.45, 7) is 5.92. The van der Waals surface area contributed by atoms with Crippen LogP contribution in [-0.2, 0) is 19.1 Å². The molecule has 0 rings (SSSR count). The van der Waals surface area contributed by atoms with Crippen LogP contribution < -0.4 is 11.1 Å². The van der Waals surface area contributed by atoms with Crippen molar-refractivity contribution in [2.24, 2.45) is 5.73 Å². The predicted octanol–water partition coefficient (Wildman–Crippen LogP) is -0.145. The van der Waals surface area contributed by atoms with E-state index < -0.39 is 42.3 Å². The molecular weight excluding hydrogens is 256 g/mol. The number of primary amides is 1. The maximum Gasteiger partial charge on any atom is 0.408 e. The largest absolute Gasteiger partial charge is 0.480 e. The smallest absolute Gasteiger partial charge is 0.408 e. The SMILES string of the molecule is C[C@@H](OCC(N)=O)[C@@H](NC(=O)OC(C)(C)C)C(=O)O. The summed E-state index contributed by atoms with van der Waals surface area (Å²) in [5.74, 6) is -2.03. The van der Waals surface area contributed by atoms with Gasteiger partial charge in [0.15, 0.2) is 6.04 Å². The average molecular weight is 276 g/mol. The van der Waals surface area contributed by atoms with Gasteiger partial charge in [-0.1, -0.05) is 0 Å². The second-order valence-electron chi connectivity index (χ2n) is 4.94. The van der Waals surface area contributed by atoms with E-state index in [0.717, 1.165) is 0 Å². The zero-order valence-corrected chi connectivity index (χ0v) is 11.4. The second-order valence-corrected chi connectivity index (χ2v) is 4.94. The van der Waals surface area contributed by atoms with Crippen molar-refractivity contribution < 1.29 is 29.0 Å². The number of aliphatic carboxylic acids is 1. The topological polar surface area (TPSA) is 128 Å². The monoisotopic (exact) mass is 276 g/mol. The molecule has 0 bridgehead atoms. The van der Waals surface area contributed by atoms with E-state index in [1.165, 1.54) is 6.92 Å². The molecule has 0 saturated carbocycles. The van der Waals surface area contributed by atoms with Gasteiger partial charge in [0.05, 0.1) is 6.10 Å². The first-order valence-corrected chi connectivity index (χ1v) is 5.65. The van der Waals surface area contributed by atoms with Gasteiger partial charge in [0.1, 0.15) is 12.2 Å². The molecule has 0 radical (unpaired) electrons. The summed E-state index contributed by atoms with van der Waals surface area (Å²) in [7, 11) is 0. The summed E-state index contributed by atoms with van der Waals surface area (Å²) in [4.78, 5) is 33.0. The van der Waals surface area contributed by atoms with Gasteiger partial charge in [0, 0.05) is 0 Å². The molecule has 0 unspecified atom stereocenters. The van der Waals surface area contributed by atoms with Gasteiger partial charge < -0.3 is 25.6 Å². The van der Waals surface area contributed by atoms with Crippen molar-refractivity contribution in [3.63, 3.8) is 0 Å². The molecule has 2 atom stereocenters. The van der Waals surface area contributed by atoms with E-state index in [1.54, 1.807) is 20.8 Å². The summed E-state index contributed by atoms with van der Waals surface area (Å²) in [5, 5.41) is 11.1. The maximum absolute atomic E-state index is 11.5. The molecule has 0 spiro atoms. The minimum atomic E-state index is -1.34. The lowest BCUT2D eigenvalue weighted by molar-refractivity contribution is -0.145. The van der Waals surface area contributed by atoms with Crippen LogP contribution in [0.25, 0.3) is 0 Å². The Morgan fingerprint density at radius 3 is 2.21 bits per heavy atom. The van der Waals surface area contributed by atoms with Gasteiger partial charge in [-0.05, 0) is 27.7 Å². The van der Waals surface area contributed by atoms with E-state index in [9.17, 15) is 14.4 Å². The Bertz CT molecular complexity index is 350. The first-order chi connectivity index (χ1) is 8.53. The minimum Gasteiger partial charge on any atom is -0.480 e. The molecule has 0 saturated heterocycles. The molecule has 0 aliphatic carbocycles. The molecule has 0 aromatic heterocycles. The number of hydrogen-bond donors (Lipinski definition) is 3. The first-order valence-electron chi connectivity index (χ1n) is 5.65. The number of alkyl carbamates (subject to hydrolysis) is 1. The molecule has 8 nitrogen and oxygen atoms in total. The quantitative estimate of drug-likeness (QED) is 0.619. The van der Waals surface area contributed by atoms with E-state index in [4.69, 9.17) is 20.3 Å². The number of amides is 2. The van der Waals surface area contributed by atoms with E-state index in [-0.39, 0.29) is 0 Å². The van der Waals surface area contributed by atoms with Crippen molar-refractivity contribution in [1.82, 2.24) is 5.32 Å². The molecule has 0 aliphatic heterocycles. The number of carboxylic acid groups (broad SMARTS) is 1. The number of carbonyl (C=O) groups excluding carboxylic acids is 2. The first kappa shape index (κ1) is 17.2. The molecule has 0 aromatic carbocycles. The highest BCUT2D eigenvalue weighted by Gasteiger charge is 2.29. The Balaban J connectivity index is 4.53. The zero-order valence-electron chi connectivity index (χ0n) is 11.4. The molecule has 2 amide bonds. The molecular formula is C11H20N2O6. The fourth-order valence-corrected chi connectivity index (χ4v) is 1.12. The lowest BCUT2D eigenvalue weighted by atomic mass is 10.2. The van der Waals surface area contributed by atoms with Crippen molar-refractivity contribution in [3.8, 4) is 0 Å². The highest BCUT2D eigenvalue weighted by molar-refractivity contribution is 5.80. The summed E-state index contributed by atoms with van der Waals surface area (Å²) in [5.41, 5.74) is 4.13. The Hall–Kier alpha value is -1.83. The van der Waals surface area contributed by atoms with Crippen LogP contribution in [0.2, 0.25) is 0 Å². The van der Waals surface area contributed by atoms with E-state index in [0.29, 0.717) is 0 Å². The van der Waals surface area contributed by atoms with Crippen molar-refractivity contribution in [2.45, 2.75) is 45.4 Å². The fraction of sp³-hybridized carbons (Fsp3) is 0.727. The number of carbonyl (C=O) groups is 3. The van der Waals surface area contributed by atoms with E-state index in [1.807, 2.05) is 0 Å². The van der Waals surface area contributed by atoms with Crippen molar-refractivity contribution >= 4 is 18.0 Å². The third-order valence-electron chi connectivity index (χ3n) is 1.90. The van der Waals surface area contributed by atoms with Crippen LogP contribution in [-0.4, -0.2) is 47.4 Å². The summed E-state index contributed by atoms with van der Waals surface area (Å²) in [6.07, 6.45) is -1.81. The van der Waals surface area contributed by atoms with Gasteiger partial charge in [-0.3, -0.25) is 4.79 Å². The fourth-order valence-electron chi connectivity index (χ4n) is 1.12. The van der Waals surface area contributed by atoms with Crippen molar-refractivity contribution in [1.29, 1.82) is 0 Å². The molecule has 0 fully saturated rings. The number of carboxylic acids is 1. The van der Waals surface area contributed by atoms with Crippen LogP contribution in [0.4, 0.5) is 4.79 Å². The summed E-state index contributed by atoms with van der Waals surface area (Å²) >= 11 is 0. The Morgan fingerprint density at radius 1 is 1.32 bits per heavy atom. The third-order valence-corrected chi connectivity index (χ3v) is 1.90. The third kappa shape index (κ3) is 7.98. The van der Waals surface area contributed by atoms with Gasteiger partial charge in [-0.15, -0.1) is 0 Å². The highest BCUT2D eigenvalue weighted by Crippen LogP contribution is 2.08. The van der Waals surface area contributed by atoms with Crippen LogP contribution in [0, 0.1) is 0 Å². The molecule has 19 heavy (non-hydrogen) atoms. The molecule has 110 valence electrons. The standard InChI is InChI=1S/C11H20N2O6/c1-6(18-5-7(12)14)8(9(15)16)13-10(17)19-11(2,3)4/h6,8H,5H2,1-4H3,(H2,12,14)(H,13,17)(H,15,16)/t6-,8-/m1/s1. The van der Waals surface area contributed by atoms with Gasteiger partial charge in [0.25, 0.3) is 0 Å². The molecule has 8 heteroatoms. The Morgan fingerprint density at radius 2 is 1.84 bits per heavy atom. The van der Waals surface area contributed by atoms with Gasteiger partial charge in [-0.2, -0.15) is 0 Å². The number of nitrogens with one attached hydrogen (secondary N) is 1. The predicted molar refractivity (Wildman–Crippen MR) is 65.4 cm³/mol.